The van der Waals surface area contributed by atoms with E-state index in [4.69, 9.17) is 22.1 Å². The summed E-state index contributed by atoms with van der Waals surface area (Å²) in [7, 11) is 1.50. The molecule has 0 bridgehead atoms. The zero-order valence-corrected chi connectivity index (χ0v) is 13.6. The van der Waals surface area contributed by atoms with E-state index in [0.29, 0.717) is 22.3 Å². The maximum atomic E-state index is 12.4. The molecule has 0 radical (unpaired) electrons. The Morgan fingerprint density at radius 2 is 2.22 bits per heavy atom. The van der Waals surface area contributed by atoms with Gasteiger partial charge in [-0.15, -0.1) is 0 Å². The second-order valence-corrected chi connectivity index (χ2v) is 5.95. The van der Waals surface area contributed by atoms with E-state index in [-0.39, 0.29) is 23.6 Å². The van der Waals surface area contributed by atoms with Gasteiger partial charge in [-0.1, -0.05) is 11.6 Å². The maximum absolute atomic E-state index is 12.4. The molecular formula is C16H17ClN4O2. The SMILES string of the molecule is COc1cnc(C(=O)Nc2ccc(Cl)c([C@H]3C[C@H]3N)c2)c(C)n1. The highest BCUT2D eigenvalue weighted by molar-refractivity contribution is 6.31. The average molecular weight is 333 g/mol. The molecule has 23 heavy (non-hydrogen) atoms. The van der Waals surface area contributed by atoms with E-state index in [2.05, 4.69) is 15.3 Å². The summed E-state index contributed by atoms with van der Waals surface area (Å²) >= 11 is 6.20. The van der Waals surface area contributed by atoms with Crippen LogP contribution in [-0.4, -0.2) is 29.0 Å². The standard InChI is InChI=1S/C16H17ClN4O2/c1-8-15(19-7-14(20-8)23-2)16(22)21-9-3-4-12(17)10(5-9)11-6-13(11)18/h3-5,7,11,13H,6,18H2,1-2H3,(H,21,22)/t11-,13-/m1/s1. The first-order chi connectivity index (χ1) is 11.0. The van der Waals surface area contributed by atoms with Gasteiger partial charge in [0.25, 0.3) is 5.91 Å². The second kappa shape index (κ2) is 6.14. The highest BCUT2D eigenvalue weighted by atomic mass is 35.5. The van der Waals surface area contributed by atoms with Gasteiger partial charge < -0.3 is 15.8 Å². The summed E-state index contributed by atoms with van der Waals surface area (Å²) in [4.78, 5) is 20.6. The van der Waals surface area contributed by atoms with Crippen LogP contribution in [0.25, 0.3) is 0 Å². The third-order valence-electron chi connectivity index (χ3n) is 3.84. The van der Waals surface area contributed by atoms with Crippen molar-refractivity contribution in [3.63, 3.8) is 0 Å². The van der Waals surface area contributed by atoms with E-state index >= 15 is 0 Å². The van der Waals surface area contributed by atoms with Crippen molar-refractivity contribution in [2.45, 2.75) is 25.3 Å². The molecule has 1 aromatic carbocycles. The minimum absolute atomic E-state index is 0.146. The highest BCUT2D eigenvalue weighted by Crippen LogP contribution is 2.43. The number of carbonyl (C=O) groups excluding carboxylic acids is 1. The van der Waals surface area contributed by atoms with Crippen molar-refractivity contribution in [1.29, 1.82) is 0 Å². The molecule has 1 aliphatic rings. The zero-order chi connectivity index (χ0) is 16.6. The van der Waals surface area contributed by atoms with Crippen LogP contribution in [-0.2, 0) is 0 Å². The van der Waals surface area contributed by atoms with Crippen molar-refractivity contribution in [3.05, 3.63) is 46.4 Å². The van der Waals surface area contributed by atoms with Gasteiger partial charge in [-0.2, -0.15) is 0 Å². The zero-order valence-electron chi connectivity index (χ0n) is 12.8. The van der Waals surface area contributed by atoms with Crippen LogP contribution in [0.5, 0.6) is 5.88 Å². The average Bonchev–Trinajstić information content (AvgIpc) is 3.25. The lowest BCUT2D eigenvalue weighted by Gasteiger charge is -2.10. The lowest BCUT2D eigenvalue weighted by Crippen LogP contribution is -2.16. The molecule has 1 amide bonds. The van der Waals surface area contributed by atoms with Crippen LogP contribution in [0.2, 0.25) is 5.02 Å². The highest BCUT2D eigenvalue weighted by Gasteiger charge is 2.36. The van der Waals surface area contributed by atoms with Gasteiger partial charge in [0.15, 0.2) is 0 Å². The minimum atomic E-state index is -0.328. The van der Waals surface area contributed by atoms with Gasteiger partial charge in [0.05, 0.1) is 19.0 Å². The summed E-state index contributed by atoms with van der Waals surface area (Å²) < 4.78 is 4.99. The number of hydrogen-bond donors (Lipinski definition) is 2. The smallest absolute Gasteiger partial charge is 0.276 e. The molecule has 2 aromatic rings. The van der Waals surface area contributed by atoms with Crippen LogP contribution in [0.3, 0.4) is 0 Å². The van der Waals surface area contributed by atoms with Crippen LogP contribution < -0.4 is 15.8 Å². The number of aromatic nitrogens is 2. The number of nitrogens with one attached hydrogen (secondary N) is 1. The number of aryl methyl sites for hydroxylation is 1. The molecule has 3 N–H and O–H groups in total. The van der Waals surface area contributed by atoms with E-state index in [1.54, 1.807) is 19.1 Å². The number of carbonyl (C=O) groups is 1. The summed E-state index contributed by atoms with van der Waals surface area (Å²) in [6.45, 7) is 1.71. The summed E-state index contributed by atoms with van der Waals surface area (Å²) in [5.41, 5.74) is 8.26. The van der Waals surface area contributed by atoms with Gasteiger partial charge in [-0.3, -0.25) is 4.79 Å². The minimum Gasteiger partial charge on any atom is -0.480 e. The predicted octanol–water partition coefficient (Wildman–Crippen LogP) is 2.51. The Morgan fingerprint density at radius 1 is 1.48 bits per heavy atom. The molecule has 0 spiro atoms. The Labute approximate surface area is 139 Å². The van der Waals surface area contributed by atoms with Crippen molar-refractivity contribution >= 4 is 23.2 Å². The lowest BCUT2D eigenvalue weighted by atomic mass is 10.1. The van der Waals surface area contributed by atoms with Gasteiger partial charge in [-0.25, -0.2) is 9.97 Å². The number of benzene rings is 1. The van der Waals surface area contributed by atoms with Crippen molar-refractivity contribution in [2.24, 2.45) is 5.73 Å². The molecule has 1 heterocycles. The van der Waals surface area contributed by atoms with Crippen LogP contribution in [0.4, 0.5) is 5.69 Å². The fraction of sp³-hybridized carbons (Fsp3) is 0.312. The molecule has 7 heteroatoms. The van der Waals surface area contributed by atoms with E-state index in [1.807, 2.05) is 6.07 Å². The molecule has 0 saturated heterocycles. The Hall–Kier alpha value is -2.18. The number of ether oxygens (including phenoxy) is 1. The molecule has 0 aliphatic heterocycles. The van der Waals surface area contributed by atoms with Gasteiger partial charge >= 0.3 is 0 Å². The van der Waals surface area contributed by atoms with Gasteiger partial charge in [0, 0.05) is 22.7 Å². The van der Waals surface area contributed by atoms with Crippen molar-refractivity contribution in [3.8, 4) is 5.88 Å². The van der Waals surface area contributed by atoms with E-state index < -0.39 is 0 Å². The van der Waals surface area contributed by atoms with Crippen molar-refractivity contribution in [1.82, 2.24) is 9.97 Å². The first-order valence-electron chi connectivity index (χ1n) is 7.23. The third kappa shape index (κ3) is 3.28. The molecule has 1 fully saturated rings. The Morgan fingerprint density at radius 3 is 2.83 bits per heavy atom. The predicted molar refractivity (Wildman–Crippen MR) is 88.1 cm³/mol. The molecule has 1 saturated carbocycles. The van der Waals surface area contributed by atoms with Gasteiger partial charge in [0.2, 0.25) is 5.88 Å². The number of amides is 1. The van der Waals surface area contributed by atoms with E-state index in [1.165, 1.54) is 13.3 Å². The first kappa shape index (κ1) is 15.7. The number of rotatable bonds is 4. The van der Waals surface area contributed by atoms with Crippen molar-refractivity contribution < 1.29 is 9.53 Å². The van der Waals surface area contributed by atoms with Crippen LogP contribution in [0.15, 0.2) is 24.4 Å². The summed E-state index contributed by atoms with van der Waals surface area (Å²) in [5.74, 6) is 0.309. The second-order valence-electron chi connectivity index (χ2n) is 5.54. The van der Waals surface area contributed by atoms with Crippen molar-refractivity contribution in [2.75, 3.05) is 12.4 Å². The third-order valence-corrected chi connectivity index (χ3v) is 4.19. The largest absolute Gasteiger partial charge is 0.480 e. The number of nitrogens with two attached hydrogens (primary N) is 1. The normalized spacial score (nSPS) is 19.3. The lowest BCUT2D eigenvalue weighted by molar-refractivity contribution is 0.102. The summed E-state index contributed by atoms with van der Waals surface area (Å²) in [6.07, 6.45) is 2.33. The number of methoxy groups -OCH3 is 1. The molecule has 2 atom stereocenters. The fourth-order valence-corrected chi connectivity index (χ4v) is 2.71. The quantitative estimate of drug-likeness (QED) is 0.897. The summed E-state index contributed by atoms with van der Waals surface area (Å²) in [6, 6.07) is 5.53. The topological polar surface area (TPSA) is 90.1 Å². The molecule has 6 nitrogen and oxygen atoms in total. The molecule has 1 aromatic heterocycles. The van der Waals surface area contributed by atoms with E-state index in [0.717, 1.165) is 12.0 Å². The number of nitrogens with zero attached hydrogens (tertiary/aromatic N) is 2. The van der Waals surface area contributed by atoms with Crippen LogP contribution >= 0.6 is 11.6 Å². The number of hydrogen-bond acceptors (Lipinski definition) is 5. The summed E-state index contributed by atoms with van der Waals surface area (Å²) in [5, 5.41) is 3.49. The monoisotopic (exact) mass is 332 g/mol. The molecule has 120 valence electrons. The van der Waals surface area contributed by atoms with Crippen LogP contribution in [0, 0.1) is 6.92 Å². The molecule has 1 aliphatic carbocycles. The number of halogens is 1. The first-order valence-corrected chi connectivity index (χ1v) is 7.61. The molecule has 3 rings (SSSR count). The Balaban J connectivity index is 1.80. The van der Waals surface area contributed by atoms with Crippen LogP contribution in [0.1, 0.15) is 34.1 Å². The Kier molecular flexibility index (Phi) is 4.19. The molecule has 0 unspecified atom stereocenters. The van der Waals surface area contributed by atoms with Gasteiger partial charge in [-0.05, 0) is 37.1 Å². The Bertz CT molecular complexity index is 766. The van der Waals surface area contributed by atoms with Gasteiger partial charge in [0.1, 0.15) is 5.69 Å². The van der Waals surface area contributed by atoms with E-state index in [9.17, 15) is 4.79 Å². The maximum Gasteiger partial charge on any atom is 0.276 e. The fourth-order valence-electron chi connectivity index (χ4n) is 2.45. The number of anilines is 1. The molecular weight excluding hydrogens is 316 g/mol.